The Morgan fingerprint density at radius 2 is 1.97 bits per heavy atom. The Bertz CT molecular complexity index is 1270. The molecule has 1 aliphatic heterocycles. The van der Waals surface area contributed by atoms with Gasteiger partial charge in [-0.2, -0.15) is 0 Å². The van der Waals surface area contributed by atoms with Crippen molar-refractivity contribution < 1.29 is 19.0 Å². The molecule has 0 spiro atoms. The van der Waals surface area contributed by atoms with Gasteiger partial charge in [-0.1, -0.05) is 12.1 Å². The van der Waals surface area contributed by atoms with Crippen LogP contribution >= 0.6 is 0 Å². The molecular weight excluding hydrogens is 415 g/mol. The molecule has 32 heavy (non-hydrogen) atoms. The predicted octanol–water partition coefficient (Wildman–Crippen LogP) is 2.51. The van der Waals surface area contributed by atoms with Crippen LogP contribution in [0.1, 0.15) is 40.7 Å². The average Bonchev–Trinajstić information content (AvgIpc) is 3.55. The summed E-state index contributed by atoms with van der Waals surface area (Å²) < 4.78 is 22.0. The molecular formula is C23H23FN4O4. The van der Waals surface area contributed by atoms with Gasteiger partial charge in [-0.3, -0.25) is 4.79 Å². The van der Waals surface area contributed by atoms with E-state index in [0.29, 0.717) is 18.7 Å². The number of nitrogens with two attached hydrogens (primary N) is 1. The van der Waals surface area contributed by atoms with Crippen molar-refractivity contribution >= 4 is 22.8 Å². The number of ether oxygens (including phenoxy) is 1. The predicted molar refractivity (Wildman–Crippen MR) is 117 cm³/mol. The number of anilines is 1. The zero-order valence-corrected chi connectivity index (χ0v) is 17.5. The molecule has 2 atom stereocenters. The van der Waals surface area contributed by atoms with Crippen LogP contribution in [0.2, 0.25) is 0 Å². The Morgan fingerprint density at radius 3 is 2.59 bits per heavy atom. The molecule has 1 aliphatic carbocycles. The number of aromatic carboxylic acids is 1. The maximum absolute atomic E-state index is 15.1. The number of rotatable bonds is 5. The van der Waals surface area contributed by atoms with Crippen molar-refractivity contribution in [1.82, 2.24) is 9.55 Å². The maximum Gasteiger partial charge on any atom is 0.341 e. The van der Waals surface area contributed by atoms with Crippen molar-refractivity contribution in [2.24, 2.45) is 5.73 Å². The van der Waals surface area contributed by atoms with Gasteiger partial charge in [-0.15, -0.1) is 0 Å². The average molecular weight is 438 g/mol. The monoisotopic (exact) mass is 438 g/mol. The molecule has 0 radical (unpaired) electrons. The lowest BCUT2D eigenvalue weighted by Crippen LogP contribution is -2.29. The number of carboxylic acids is 1. The van der Waals surface area contributed by atoms with Gasteiger partial charge in [0.1, 0.15) is 17.0 Å². The molecule has 3 aromatic rings. The van der Waals surface area contributed by atoms with Gasteiger partial charge in [0.25, 0.3) is 0 Å². The number of fused-ring (bicyclic) bond motifs is 1. The SMILES string of the molecule is COc1ccc([C@H]2CN(c3nc4c(cc3F)c(=O)c(C(=O)O)cn4C3CC3)C[C@@H]2N)cc1. The van der Waals surface area contributed by atoms with Crippen molar-refractivity contribution in [3.05, 3.63) is 63.7 Å². The number of nitrogens with zero attached hydrogens (tertiary/aromatic N) is 3. The molecule has 5 rings (SSSR count). The van der Waals surface area contributed by atoms with Gasteiger partial charge >= 0.3 is 5.97 Å². The van der Waals surface area contributed by atoms with E-state index in [1.807, 2.05) is 24.3 Å². The molecule has 1 saturated carbocycles. The van der Waals surface area contributed by atoms with Crippen molar-refractivity contribution in [3.8, 4) is 5.75 Å². The minimum atomic E-state index is -1.33. The highest BCUT2D eigenvalue weighted by atomic mass is 19.1. The van der Waals surface area contributed by atoms with Gasteiger partial charge < -0.3 is 25.0 Å². The molecule has 8 nitrogen and oxygen atoms in total. The number of hydrogen-bond donors (Lipinski definition) is 2. The Morgan fingerprint density at radius 1 is 1.25 bits per heavy atom. The van der Waals surface area contributed by atoms with E-state index in [2.05, 4.69) is 4.98 Å². The Labute approximate surface area is 183 Å². The van der Waals surface area contributed by atoms with Crippen LogP contribution in [0.15, 0.2) is 41.3 Å². The number of benzene rings is 1. The molecule has 2 aliphatic rings. The number of aromatic nitrogens is 2. The molecule has 0 bridgehead atoms. The molecule has 166 valence electrons. The second-order valence-corrected chi connectivity index (χ2v) is 8.43. The maximum atomic E-state index is 15.1. The summed E-state index contributed by atoms with van der Waals surface area (Å²) in [4.78, 5) is 30.5. The quantitative estimate of drug-likeness (QED) is 0.630. The van der Waals surface area contributed by atoms with Crippen molar-refractivity contribution in [1.29, 1.82) is 0 Å². The van der Waals surface area contributed by atoms with E-state index in [1.165, 1.54) is 6.20 Å². The smallest absolute Gasteiger partial charge is 0.341 e. The molecule has 1 saturated heterocycles. The fraction of sp³-hybridized carbons (Fsp3) is 0.348. The highest BCUT2D eigenvalue weighted by molar-refractivity contribution is 5.92. The van der Waals surface area contributed by atoms with E-state index in [9.17, 15) is 14.7 Å². The third-order valence-corrected chi connectivity index (χ3v) is 6.32. The molecule has 2 fully saturated rings. The summed E-state index contributed by atoms with van der Waals surface area (Å²) in [6.07, 6.45) is 3.05. The Kier molecular flexibility index (Phi) is 4.85. The van der Waals surface area contributed by atoms with Crippen LogP contribution in [0.3, 0.4) is 0 Å². The van der Waals surface area contributed by atoms with E-state index in [-0.39, 0.29) is 34.8 Å². The van der Waals surface area contributed by atoms with Crippen LogP contribution in [0.4, 0.5) is 10.2 Å². The lowest BCUT2D eigenvalue weighted by molar-refractivity contribution is 0.0695. The third-order valence-electron chi connectivity index (χ3n) is 6.32. The molecule has 0 unspecified atom stereocenters. The molecule has 9 heteroatoms. The molecule has 1 aromatic carbocycles. The second-order valence-electron chi connectivity index (χ2n) is 8.43. The summed E-state index contributed by atoms with van der Waals surface area (Å²) in [7, 11) is 1.60. The topological polar surface area (TPSA) is 111 Å². The Balaban J connectivity index is 1.55. The lowest BCUT2D eigenvalue weighted by Gasteiger charge is -2.20. The summed E-state index contributed by atoms with van der Waals surface area (Å²) >= 11 is 0. The van der Waals surface area contributed by atoms with Crippen LogP contribution in [-0.2, 0) is 0 Å². The van der Waals surface area contributed by atoms with Crippen LogP contribution in [0, 0.1) is 5.82 Å². The highest BCUT2D eigenvalue weighted by Gasteiger charge is 2.34. The van der Waals surface area contributed by atoms with Gasteiger partial charge in [-0.05, 0) is 36.6 Å². The van der Waals surface area contributed by atoms with Crippen LogP contribution < -0.4 is 20.8 Å². The van der Waals surface area contributed by atoms with Crippen LogP contribution in [-0.4, -0.2) is 46.9 Å². The van der Waals surface area contributed by atoms with Crippen molar-refractivity contribution in [2.45, 2.75) is 30.8 Å². The number of carbonyl (C=O) groups is 1. The summed E-state index contributed by atoms with van der Waals surface area (Å²) in [5.74, 6) is -1.14. The first-order chi connectivity index (χ1) is 15.4. The van der Waals surface area contributed by atoms with Crippen molar-refractivity contribution in [3.63, 3.8) is 0 Å². The summed E-state index contributed by atoms with van der Waals surface area (Å²) in [6.45, 7) is 0.886. The van der Waals surface area contributed by atoms with E-state index in [4.69, 9.17) is 10.5 Å². The van der Waals surface area contributed by atoms with Gasteiger partial charge in [0.05, 0.1) is 12.5 Å². The number of methoxy groups -OCH3 is 1. The second kappa shape index (κ2) is 7.59. The summed E-state index contributed by atoms with van der Waals surface area (Å²) in [5, 5.41) is 9.37. The van der Waals surface area contributed by atoms with E-state index in [1.54, 1.807) is 16.6 Å². The molecule has 3 N–H and O–H groups in total. The minimum absolute atomic E-state index is 0.0159. The normalized spacial score (nSPS) is 20.7. The highest BCUT2D eigenvalue weighted by Crippen LogP contribution is 2.38. The fourth-order valence-corrected chi connectivity index (χ4v) is 4.45. The number of carboxylic acid groups (broad SMARTS) is 1. The van der Waals surface area contributed by atoms with E-state index in [0.717, 1.165) is 30.2 Å². The number of hydrogen-bond acceptors (Lipinski definition) is 6. The third kappa shape index (κ3) is 3.38. The first kappa shape index (κ1) is 20.4. The molecule has 3 heterocycles. The van der Waals surface area contributed by atoms with E-state index < -0.39 is 17.2 Å². The first-order valence-electron chi connectivity index (χ1n) is 10.5. The van der Waals surface area contributed by atoms with Crippen LogP contribution in [0.5, 0.6) is 5.75 Å². The Hall–Kier alpha value is -3.46. The fourth-order valence-electron chi connectivity index (χ4n) is 4.45. The van der Waals surface area contributed by atoms with Gasteiger partial charge in [0.2, 0.25) is 5.43 Å². The standard InChI is InChI=1S/C23H23FN4O4/c1-32-14-6-2-12(3-7-14)16-9-27(11-19(16)25)22-18(24)8-15-20(29)17(23(30)31)10-28(13-4-5-13)21(15)26-22/h2-3,6-8,10,13,16,19H,4-5,9,11,25H2,1H3,(H,30,31)/t16-,19+/m1/s1. The van der Waals surface area contributed by atoms with Gasteiger partial charge in [-0.25, -0.2) is 14.2 Å². The molecule has 2 aromatic heterocycles. The number of halogens is 1. The zero-order chi connectivity index (χ0) is 22.6. The van der Waals surface area contributed by atoms with Crippen LogP contribution in [0.25, 0.3) is 11.0 Å². The molecule has 0 amide bonds. The summed E-state index contributed by atoms with van der Waals surface area (Å²) in [5.41, 5.74) is 6.63. The zero-order valence-electron chi connectivity index (χ0n) is 17.5. The summed E-state index contributed by atoms with van der Waals surface area (Å²) in [6, 6.07) is 8.60. The lowest BCUT2D eigenvalue weighted by atomic mass is 9.95. The van der Waals surface area contributed by atoms with E-state index >= 15 is 4.39 Å². The van der Waals surface area contributed by atoms with Gasteiger partial charge in [0.15, 0.2) is 11.6 Å². The van der Waals surface area contributed by atoms with Gasteiger partial charge in [0, 0.05) is 37.3 Å². The first-order valence-corrected chi connectivity index (χ1v) is 10.5. The largest absolute Gasteiger partial charge is 0.497 e. The minimum Gasteiger partial charge on any atom is -0.497 e. The number of pyridine rings is 2. The van der Waals surface area contributed by atoms with Crippen molar-refractivity contribution in [2.75, 3.05) is 25.1 Å².